The Bertz CT molecular complexity index is 1150. The molecule has 6 nitrogen and oxygen atoms in total. The Morgan fingerprint density at radius 3 is 2.47 bits per heavy atom. The lowest BCUT2D eigenvalue weighted by atomic mass is 10.2. The molecule has 1 N–H and O–H groups in total. The molecule has 0 aliphatic rings. The molecule has 0 bridgehead atoms. The van der Waals surface area contributed by atoms with E-state index in [0.717, 1.165) is 22.5 Å². The summed E-state index contributed by atoms with van der Waals surface area (Å²) in [6, 6.07) is 16.1. The van der Waals surface area contributed by atoms with Crippen molar-refractivity contribution in [2.24, 2.45) is 0 Å². The van der Waals surface area contributed by atoms with Crippen LogP contribution in [0.4, 0.5) is 18.9 Å². The van der Waals surface area contributed by atoms with Crippen LogP contribution in [0.5, 0.6) is 0 Å². The molecule has 0 saturated carbocycles. The summed E-state index contributed by atoms with van der Waals surface area (Å²) in [5, 5.41) is 6.40. The number of amides is 1. The molecule has 0 aliphatic carbocycles. The first-order chi connectivity index (χ1) is 14.4. The normalized spacial score (nSPS) is 11.4. The molecule has 0 unspecified atom stereocenters. The third-order valence-electron chi connectivity index (χ3n) is 4.24. The van der Waals surface area contributed by atoms with Crippen LogP contribution in [0.15, 0.2) is 77.5 Å². The minimum atomic E-state index is -4.51. The van der Waals surface area contributed by atoms with E-state index in [0.29, 0.717) is 17.3 Å². The predicted octanol–water partition coefficient (Wildman–Crippen LogP) is 4.73. The molecule has 0 fully saturated rings. The minimum Gasteiger partial charge on any atom is -0.444 e. The number of carbonyl (C=O) groups excluding carboxylic acids is 1. The quantitative estimate of drug-likeness (QED) is 0.515. The van der Waals surface area contributed by atoms with E-state index >= 15 is 0 Å². The van der Waals surface area contributed by atoms with Gasteiger partial charge in [0.1, 0.15) is 12.0 Å². The van der Waals surface area contributed by atoms with E-state index in [9.17, 15) is 18.0 Å². The summed E-state index contributed by atoms with van der Waals surface area (Å²) in [6.45, 7) is 0. The van der Waals surface area contributed by atoms with Gasteiger partial charge >= 0.3 is 6.18 Å². The SMILES string of the molecule is O=C(Cc1coc(-c2ccccc2)n1)Nc1ccc(-n2nccc2C(F)(F)F)cc1. The maximum absolute atomic E-state index is 13.0. The summed E-state index contributed by atoms with van der Waals surface area (Å²) in [7, 11) is 0. The highest BCUT2D eigenvalue weighted by molar-refractivity contribution is 5.92. The van der Waals surface area contributed by atoms with E-state index in [4.69, 9.17) is 4.42 Å². The van der Waals surface area contributed by atoms with Crippen molar-refractivity contribution in [3.63, 3.8) is 0 Å². The Balaban J connectivity index is 1.41. The number of aromatic nitrogens is 3. The molecule has 0 atom stereocenters. The molecular weight excluding hydrogens is 397 g/mol. The number of hydrogen-bond donors (Lipinski definition) is 1. The zero-order valence-electron chi connectivity index (χ0n) is 15.4. The Morgan fingerprint density at radius 2 is 1.77 bits per heavy atom. The number of nitrogens with zero attached hydrogens (tertiary/aromatic N) is 3. The fourth-order valence-electron chi connectivity index (χ4n) is 2.88. The molecule has 1 amide bonds. The number of halogens is 3. The van der Waals surface area contributed by atoms with Crippen LogP contribution in [-0.2, 0) is 17.4 Å². The monoisotopic (exact) mass is 412 g/mol. The number of nitrogens with one attached hydrogen (secondary N) is 1. The molecule has 4 aromatic rings. The number of anilines is 1. The lowest BCUT2D eigenvalue weighted by Crippen LogP contribution is -2.15. The van der Waals surface area contributed by atoms with Crippen molar-refractivity contribution >= 4 is 11.6 Å². The summed E-state index contributed by atoms with van der Waals surface area (Å²) >= 11 is 0. The summed E-state index contributed by atoms with van der Waals surface area (Å²) in [5.74, 6) is 0.0909. The highest BCUT2D eigenvalue weighted by Crippen LogP contribution is 2.30. The van der Waals surface area contributed by atoms with Gasteiger partial charge in [-0.05, 0) is 42.5 Å². The second kappa shape index (κ2) is 7.86. The highest BCUT2D eigenvalue weighted by Gasteiger charge is 2.35. The lowest BCUT2D eigenvalue weighted by Gasteiger charge is -2.11. The van der Waals surface area contributed by atoms with Crippen LogP contribution in [0.2, 0.25) is 0 Å². The first-order valence-corrected chi connectivity index (χ1v) is 8.91. The molecule has 152 valence electrons. The van der Waals surface area contributed by atoms with E-state index in [1.165, 1.54) is 30.5 Å². The first-order valence-electron chi connectivity index (χ1n) is 8.91. The molecule has 4 rings (SSSR count). The van der Waals surface area contributed by atoms with Crippen LogP contribution < -0.4 is 5.32 Å². The Morgan fingerprint density at radius 1 is 1.03 bits per heavy atom. The highest BCUT2D eigenvalue weighted by atomic mass is 19.4. The zero-order valence-corrected chi connectivity index (χ0v) is 15.4. The molecule has 2 aromatic heterocycles. The molecule has 2 heterocycles. The third kappa shape index (κ3) is 4.24. The number of carbonyl (C=O) groups is 1. The average Bonchev–Trinajstić information content (AvgIpc) is 3.39. The van der Waals surface area contributed by atoms with Crippen molar-refractivity contribution in [3.05, 3.63) is 84.5 Å². The van der Waals surface area contributed by atoms with Crippen molar-refractivity contribution in [2.75, 3.05) is 5.32 Å². The molecule has 0 saturated heterocycles. The fourth-order valence-corrected chi connectivity index (χ4v) is 2.88. The maximum Gasteiger partial charge on any atom is 0.433 e. The third-order valence-corrected chi connectivity index (χ3v) is 4.24. The molecular formula is C21H15F3N4O2. The topological polar surface area (TPSA) is 73.0 Å². The minimum absolute atomic E-state index is 0.00450. The van der Waals surface area contributed by atoms with Gasteiger partial charge in [-0.2, -0.15) is 18.3 Å². The van der Waals surface area contributed by atoms with E-state index < -0.39 is 11.9 Å². The van der Waals surface area contributed by atoms with Gasteiger partial charge in [-0.3, -0.25) is 4.79 Å². The van der Waals surface area contributed by atoms with Gasteiger partial charge in [0.05, 0.1) is 24.0 Å². The first kappa shape index (κ1) is 19.4. The van der Waals surface area contributed by atoms with Gasteiger partial charge in [0.15, 0.2) is 0 Å². The van der Waals surface area contributed by atoms with E-state index in [-0.39, 0.29) is 18.0 Å². The maximum atomic E-state index is 13.0. The van der Waals surface area contributed by atoms with Gasteiger partial charge in [0, 0.05) is 11.3 Å². The second-order valence-corrected chi connectivity index (χ2v) is 6.41. The average molecular weight is 412 g/mol. The summed E-state index contributed by atoms with van der Waals surface area (Å²) < 4.78 is 45.2. The van der Waals surface area contributed by atoms with Crippen molar-refractivity contribution in [3.8, 4) is 17.1 Å². The summed E-state index contributed by atoms with van der Waals surface area (Å²) in [4.78, 5) is 16.6. The smallest absolute Gasteiger partial charge is 0.433 e. The molecule has 0 aliphatic heterocycles. The molecule has 0 radical (unpaired) electrons. The van der Waals surface area contributed by atoms with Crippen LogP contribution in [0, 0.1) is 0 Å². The van der Waals surface area contributed by atoms with E-state index in [1.807, 2.05) is 30.3 Å². The predicted molar refractivity (Wildman–Crippen MR) is 103 cm³/mol. The second-order valence-electron chi connectivity index (χ2n) is 6.41. The van der Waals surface area contributed by atoms with Crippen molar-refractivity contribution in [1.29, 1.82) is 0 Å². The number of oxazole rings is 1. The molecule has 30 heavy (non-hydrogen) atoms. The standard InChI is InChI=1S/C21H15F3N4O2/c22-21(23,24)18-10-11-25-28(18)17-8-6-15(7-9-17)26-19(29)12-16-13-30-20(27-16)14-4-2-1-3-5-14/h1-11,13H,12H2,(H,26,29). The summed E-state index contributed by atoms with van der Waals surface area (Å²) in [5.41, 5.74) is 1.07. The van der Waals surface area contributed by atoms with Crippen molar-refractivity contribution in [2.45, 2.75) is 12.6 Å². The summed E-state index contributed by atoms with van der Waals surface area (Å²) in [6.07, 6.45) is -2.02. The lowest BCUT2D eigenvalue weighted by molar-refractivity contribution is -0.142. The fraction of sp³-hybridized carbons (Fsp3) is 0.0952. The van der Waals surface area contributed by atoms with Gasteiger partial charge in [-0.1, -0.05) is 18.2 Å². The van der Waals surface area contributed by atoms with Crippen LogP contribution in [0.25, 0.3) is 17.1 Å². The number of alkyl halides is 3. The Kier molecular flexibility index (Phi) is 5.09. The van der Waals surface area contributed by atoms with Gasteiger partial charge in [0.25, 0.3) is 0 Å². The van der Waals surface area contributed by atoms with E-state index in [2.05, 4.69) is 15.4 Å². The zero-order chi connectivity index (χ0) is 21.1. The number of hydrogen-bond acceptors (Lipinski definition) is 4. The molecule has 0 spiro atoms. The van der Waals surface area contributed by atoms with Crippen molar-refractivity contribution in [1.82, 2.24) is 14.8 Å². The largest absolute Gasteiger partial charge is 0.444 e. The number of rotatable bonds is 5. The molecule has 2 aromatic carbocycles. The van der Waals surface area contributed by atoms with E-state index in [1.54, 1.807) is 0 Å². The van der Waals surface area contributed by atoms with Gasteiger partial charge in [0.2, 0.25) is 11.8 Å². The number of benzene rings is 2. The van der Waals surface area contributed by atoms with Crippen LogP contribution in [0.3, 0.4) is 0 Å². The van der Waals surface area contributed by atoms with Gasteiger partial charge < -0.3 is 9.73 Å². The van der Waals surface area contributed by atoms with Gasteiger partial charge in [-0.15, -0.1) is 0 Å². The van der Waals surface area contributed by atoms with Crippen LogP contribution in [-0.4, -0.2) is 20.7 Å². The van der Waals surface area contributed by atoms with Crippen LogP contribution >= 0.6 is 0 Å². The Labute approximate surface area is 169 Å². The van der Waals surface area contributed by atoms with Crippen LogP contribution in [0.1, 0.15) is 11.4 Å². The van der Waals surface area contributed by atoms with Crippen molar-refractivity contribution < 1.29 is 22.4 Å². The Hall–Kier alpha value is -3.88. The van der Waals surface area contributed by atoms with Gasteiger partial charge in [-0.25, -0.2) is 9.67 Å². The molecule has 9 heteroatoms.